The molecule has 0 N–H and O–H groups in total. The molecule has 0 aliphatic carbocycles. The molecular formula is C7H7BBrI. The molecular weight excluding hydrogens is 302 g/mol. The van der Waals surface area contributed by atoms with E-state index in [1.54, 1.807) is 0 Å². The Morgan fingerprint density at radius 3 is 2.60 bits per heavy atom. The monoisotopic (exact) mass is 308 g/mol. The largest absolute Gasteiger partial charge is 0.139 e. The molecule has 0 aliphatic heterocycles. The highest BCUT2D eigenvalue weighted by Crippen LogP contribution is 2.16. The maximum Gasteiger partial charge on any atom is 0.139 e. The van der Waals surface area contributed by atoms with Gasteiger partial charge in [-0.2, -0.15) is 0 Å². The molecule has 0 bridgehead atoms. The standard InChI is InChI=1S/C7H7BBrI/c1-4-6(8)2-5(10)3-7(4)9/h2-3H,8H2,1H3. The maximum absolute atomic E-state index is 3.49. The molecule has 52 valence electrons. The average molecular weight is 309 g/mol. The van der Waals surface area contributed by atoms with Crippen LogP contribution in [0, 0.1) is 10.5 Å². The Morgan fingerprint density at radius 1 is 1.50 bits per heavy atom. The van der Waals surface area contributed by atoms with Crippen LogP contribution in [0.2, 0.25) is 0 Å². The van der Waals surface area contributed by atoms with Gasteiger partial charge in [-0.3, -0.25) is 0 Å². The third-order valence-electron chi connectivity index (χ3n) is 1.57. The van der Waals surface area contributed by atoms with E-state index in [1.807, 2.05) is 0 Å². The lowest BCUT2D eigenvalue weighted by Crippen LogP contribution is -2.07. The lowest BCUT2D eigenvalue weighted by molar-refractivity contribution is 1.45. The summed E-state index contributed by atoms with van der Waals surface area (Å²) in [7, 11) is 2.13. The van der Waals surface area contributed by atoms with Gasteiger partial charge in [0.2, 0.25) is 0 Å². The van der Waals surface area contributed by atoms with Crippen LogP contribution in [0.4, 0.5) is 0 Å². The second-order valence-corrected chi connectivity index (χ2v) is 4.43. The summed E-state index contributed by atoms with van der Waals surface area (Å²) in [6.07, 6.45) is 0. The highest BCUT2D eigenvalue weighted by Gasteiger charge is 1.98. The van der Waals surface area contributed by atoms with E-state index < -0.39 is 0 Å². The lowest BCUT2D eigenvalue weighted by atomic mass is 9.92. The van der Waals surface area contributed by atoms with Gasteiger partial charge in [0, 0.05) is 8.04 Å². The molecule has 0 radical (unpaired) electrons. The number of rotatable bonds is 0. The minimum absolute atomic E-state index is 1.21. The van der Waals surface area contributed by atoms with Gasteiger partial charge in [-0.15, -0.1) is 0 Å². The first-order chi connectivity index (χ1) is 4.61. The van der Waals surface area contributed by atoms with E-state index in [0.29, 0.717) is 0 Å². The molecule has 10 heavy (non-hydrogen) atoms. The molecule has 0 heterocycles. The van der Waals surface area contributed by atoms with Crippen LogP contribution in [-0.4, -0.2) is 7.85 Å². The van der Waals surface area contributed by atoms with Crippen molar-refractivity contribution < 1.29 is 0 Å². The van der Waals surface area contributed by atoms with Crippen LogP contribution in [0.25, 0.3) is 0 Å². The lowest BCUT2D eigenvalue weighted by Gasteiger charge is -2.02. The predicted molar refractivity (Wildman–Crippen MR) is 59.8 cm³/mol. The first-order valence-corrected chi connectivity index (χ1v) is 4.90. The normalized spacial score (nSPS) is 9.90. The van der Waals surface area contributed by atoms with E-state index in [1.165, 1.54) is 19.1 Å². The summed E-state index contributed by atoms with van der Waals surface area (Å²) in [5, 5.41) is 0. The van der Waals surface area contributed by atoms with Gasteiger partial charge in [0.05, 0.1) is 0 Å². The molecule has 0 atom stereocenters. The highest BCUT2D eigenvalue weighted by atomic mass is 127. The van der Waals surface area contributed by atoms with Crippen LogP contribution >= 0.6 is 38.5 Å². The summed E-state index contributed by atoms with van der Waals surface area (Å²) < 4.78 is 2.49. The van der Waals surface area contributed by atoms with Crippen molar-refractivity contribution in [1.29, 1.82) is 0 Å². The second-order valence-electron chi connectivity index (χ2n) is 2.33. The van der Waals surface area contributed by atoms with E-state index in [-0.39, 0.29) is 0 Å². The molecule has 0 saturated carbocycles. The first-order valence-electron chi connectivity index (χ1n) is 3.03. The minimum atomic E-state index is 1.21. The Bertz CT molecular complexity index is 237. The van der Waals surface area contributed by atoms with Gasteiger partial charge < -0.3 is 0 Å². The van der Waals surface area contributed by atoms with Crippen LogP contribution in [0.5, 0.6) is 0 Å². The number of halogens is 2. The molecule has 0 unspecified atom stereocenters. The quantitative estimate of drug-likeness (QED) is 0.505. The van der Waals surface area contributed by atoms with E-state index in [2.05, 4.69) is 65.4 Å². The van der Waals surface area contributed by atoms with Gasteiger partial charge in [0.1, 0.15) is 7.85 Å². The molecule has 1 rings (SSSR count). The minimum Gasteiger partial charge on any atom is -0.0840 e. The molecule has 0 spiro atoms. The Morgan fingerprint density at radius 2 is 2.10 bits per heavy atom. The number of benzene rings is 1. The van der Waals surface area contributed by atoms with E-state index in [0.717, 1.165) is 0 Å². The van der Waals surface area contributed by atoms with E-state index in [9.17, 15) is 0 Å². The molecule has 0 fully saturated rings. The predicted octanol–water partition coefficient (Wildman–Crippen LogP) is 1.62. The fraction of sp³-hybridized carbons (Fsp3) is 0.143. The molecule has 0 nitrogen and oxygen atoms in total. The van der Waals surface area contributed by atoms with Gasteiger partial charge in [0.15, 0.2) is 0 Å². The van der Waals surface area contributed by atoms with Crippen molar-refractivity contribution in [2.75, 3.05) is 0 Å². The van der Waals surface area contributed by atoms with Crippen LogP contribution in [0.1, 0.15) is 5.56 Å². The van der Waals surface area contributed by atoms with Crippen molar-refractivity contribution in [1.82, 2.24) is 0 Å². The summed E-state index contributed by atoms with van der Waals surface area (Å²) in [5.41, 5.74) is 2.68. The molecule has 0 saturated heterocycles. The zero-order valence-corrected chi connectivity index (χ0v) is 9.65. The molecule has 1 aromatic rings. The topological polar surface area (TPSA) is 0 Å². The van der Waals surface area contributed by atoms with Crippen molar-refractivity contribution in [2.45, 2.75) is 6.92 Å². The molecule has 0 aromatic heterocycles. The smallest absolute Gasteiger partial charge is 0.0840 e. The van der Waals surface area contributed by atoms with Crippen molar-refractivity contribution >= 4 is 51.8 Å². The molecule has 1 aromatic carbocycles. The van der Waals surface area contributed by atoms with Gasteiger partial charge in [0.25, 0.3) is 0 Å². The fourth-order valence-electron chi connectivity index (χ4n) is 0.774. The Balaban J connectivity index is 3.31. The summed E-state index contributed by atoms with van der Waals surface area (Å²) >= 11 is 5.81. The molecule has 0 aliphatic rings. The second kappa shape index (κ2) is 3.26. The van der Waals surface area contributed by atoms with Gasteiger partial charge in [-0.1, -0.05) is 27.5 Å². The van der Waals surface area contributed by atoms with Crippen LogP contribution < -0.4 is 5.46 Å². The molecule has 0 amide bonds. The zero-order valence-electron chi connectivity index (χ0n) is 5.91. The van der Waals surface area contributed by atoms with E-state index >= 15 is 0 Å². The highest BCUT2D eigenvalue weighted by molar-refractivity contribution is 14.1. The van der Waals surface area contributed by atoms with Gasteiger partial charge in [-0.25, -0.2) is 0 Å². The van der Waals surface area contributed by atoms with Gasteiger partial charge >= 0.3 is 0 Å². The Labute approximate surface area is 84.1 Å². The Kier molecular flexibility index (Phi) is 2.80. The average Bonchev–Trinajstić information content (AvgIpc) is 1.82. The van der Waals surface area contributed by atoms with E-state index in [4.69, 9.17) is 0 Å². The van der Waals surface area contributed by atoms with Crippen molar-refractivity contribution in [2.24, 2.45) is 0 Å². The van der Waals surface area contributed by atoms with Crippen LogP contribution in [-0.2, 0) is 0 Å². The van der Waals surface area contributed by atoms with Crippen molar-refractivity contribution in [3.05, 3.63) is 25.7 Å². The SMILES string of the molecule is Bc1cc(I)cc(Br)c1C. The van der Waals surface area contributed by atoms with Crippen LogP contribution in [0.15, 0.2) is 16.6 Å². The van der Waals surface area contributed by atoms with Crippen LogP contribution in [0.3, 0.4) is 0 Å². The first kappa shape index (κ1) is 8.59. The number of hydrogen-bond acceptors (Lipinski definition) is 0. The third kappa shape index (κ3) is 1.75. The summed E-state index contributed by atoms with van der Waals surface area (Å²) in [5.74, 6) is 0. The van der Waals surface area contributed by atoms with Crippen molar-refractivity contribution in [3.63, 3.8) is 0 Å². The zero-order chi connectivity index (χ0) is 7.72. The summed E-state index contributed by atoms with van der Waals surface area (Å²) in [4.78, 5) is 0. The van der Waals surface area contributed by atoms with Gasteiger partial charge in [-0.05, 0) is 41.1 Å². The number of hydrogen-bond donors (Lipinski definition) is 0. The maximum atomic E-state index is 3.49. The molecule has 3 heteroatoms. The fourth-order valence-corrected chi connectivity index (χ4v) is 2.54. The van der Waals surface area contributed by atoms with Crippen molar-refractivity contribution in [3.8, 4) is 0 Å². The third-order valence-corrected chi connectivity index (χ3v) is 3.02. The summed E-state index contributed by atoms with van der Waals surface area (Å²) in [6.45, 7) is 2.12. The summed E-state index contributed by atoms with van der Waals surface area (Å²) in [6, 6.07) is 4.31. The Hall–Kier alpha value is 0.495.